The lowest BCUT2D eigenvalue weighted by Crippen LogP contribution is -2.06. The SMILES string of the molecule is Cc1cc(C(=O)CSc2nnc(NC3CC3)s2)c(C)n1-c1ccc(OC(F)F)cc1. The maximum atomic E-state index is 12.8. The quantitative estimate of drug-likeness (QED) is 0.362. The number of rotatable bonds is 9. The molecule has 0 aliphatic heterocycles. The molecule has 3 aromatic rings. The second-order valence-electron chi connectivity index (χ2n) is 7.00. The number of hydrogen-bond donors (Lipinski definition) is 1. The number of ketones is 1. The first-order valence-corrected chi connectivity index (χ1v) is 11.2. The van der Waals surface area contributed by atoms with Gasteiger partial charge in [-0.05, 0) is 57.0 Å². The van der Waals surface area contributed by atoms with Gasteiger partial charge in [-0.3, -0.25) is 4.79 Å². The molecular formula is C20H20F2N4O2S2. The Balaban J connectivity index is 1.44. The summed E-state index contributed by atoms with van der Waals surface area (Å²) < 4.78 is 31.8. The topological polar surface area (TPSA) is 69.0 Å². The van der Waals surface area contributed by atoms with Crippen LogP contribution in [0.5, 0.6) is 5.75 Å². The summed E-state index contributed by atoms with van der Waals surface area (Å²) in [6.07, 6.45) is 2.33. The van der Waals surface area contributed by atoms with E-state index >= 15 is 0 Å². The first kappa shape index (κ1) is 20.8. The highest BCUT2D eigenvalue weighted by atomic mass is 32.2. The fourth-order valence-electron chi connectivity index (χ4n) is 3.15. The Bertz CT molecular complexity index is 1050. The minimum Gasteiger partial charge on any atom is -0.435 e. The van der Waals surface area contributed by atoms with E-state index in [1.54, 1.807) is 12.1 Å². The molecule has 6 nitrogen and oxygen atoms in total. The monoisotopic (exact) mass is 450 g/mol. The number of benzene rings is 1. The predicted octanol–water partition coefficient (Wildman–Crippen LogP) is 5.10. The first-order chi connectivity index (χ1) is 14.4. The van der Waals surface area contributed by atoms with Crippen molar-refractivity contribution in [1.29, 1.82) is 0 Å². The molecule has 1 aliphatic rings. The number of nitrogens with one attached hydrogen (secondary N) is 1. The lowest BCUT2D eigenvalue weighted by molar-refractivity contribution is -0.0498. The molecule has 1 aromatic carbocycles. The number of hydrogen-bond acceptors (Lipinski definition) is 7. The minimum absolute atomic E-state index is 0.00362. The Morgan fingerprint density at radius 3 is 2.70 bits per heavy atom. The van der Waals surface area contributed by atoms with Gasteiger partial charge in [0.05, 0.1) is 5.75 Å². The molecule has 0 atom stereocenters. The van der Waals surface area contributed by atoms with Crippen molar-refractivity contribution in [3.8, 4) is 11.4 Å². The van der Waals surface area contributed by atoms with Crippen LogP contribution in [0.25, 0.3) is 5.69 Å². The molecule has 2 aromatic heterocycles. The highest BCUT2D eigenvalue weighted by Crippen LogP contribution is 2.31. The Hall–Kier alpha value is -2.46. The van der Waals surface area contributed by atoms with E-state index < -0.39 is 6.61 Å². The molecule has 0 amide bonds. The predicted molar refractivity (Wildman–Crippen MR) is 113 cm³/mol. The molecule has 4 rings (SSSR count). The summed E-state index contributed by atoms with van der Waals surface area (Å²) in [4.78, 5) is 12.8. The van der Waals surface area contributed by atoms with Gasteiger partial charge in [-0.1, -0.05) is 23.1 Å². The van der Waals surface area contributed by atoms with Crippen LogP contribution in [0.2, 0.25) is 0 Å². The number of anilines is 1. The standard InChI is InChI=1S/C20H20F2N4O2S2/c1-11-9-16(12(2)26(11)14-5-7-15(8-6-14)28-18(21)22)17(27)10-29-20-25-24-19(30-20)23-13-3-4-13/h5-9,13,18H,3-4,10H2,1-2H3,(H,23,24). The van der Waals surface area contributed by atoms with Gasteiger partial charge in [0.1, 0.15) is 5.75 Å². The zero-order valence-electron chi connectivity index (χ0n) is 16.4. The van der Waals surface area contributed by atoms with Gasteiger partial charge in [0, 0.05) is 28.7 Å². The van der Waals surface area contributed by atoms with Crippen molar-refractivity contribution in [2.75, 3.05) is 11.1 Å². The molecule has 158 valence electrons. The number of alkyl halides is 2. The number of aryl methyl sites for hydroxylation is 1. The van der Waals surface area contributed by atoms with E-state index in [0.717, 1.165) is 39.4 Å². The highest BCUT2D eigenvalue weighted by Gasteiger charge is 2.23. The molecule has 1 N–H and O–H groups in total. The Labute approximate surface area is 180 Å². The maximum Gasteiger partial charge on any atom is 0.387 e. The van der Waals surface area contributed by atoms with Crippen LogP contribution in [0.15, 0.2) is 34.7 Å². The lowest BCUT2D eigenvalue weighted by Gasteiger charge is -2.11. The van der Waals surface area contributed by atoms with E-state index in [1.807, 2.05) is 24.5 Å². The van der Waals surface area contributed by atoms with Crippen LogP contribution in [-0.4, -0.2) is 39.0 Å². The van der Waals surface area contributed by atoms with Crippen LogP contribution in [0, 0.1) is 13.8 Å². The summed E-state index contributed by atoms with van der Waals surface area (Å²) in [7, 11) is 0. The Morgan fingerprint density at radius 2 is 2.03 bits per heavy atom. The summed E-state index contributed by atoms with van der Waals surface area (Å²) >= 11 is 2.84. The number of thioether (sulfide) groups is 1. The van der Waals surface area contributed by atoms with Crippen molar-refractivity contribution in [1.82, 2.24) is 14.8 Å². The molecule has 10 heteroatoms. The van der Waals surface area contributed by atoms with Crippen LogP contribution in [0.1, 0.15) is 34.6 Å². The van der Waals surface area contributed by atoms with E-state index in [-0.39, 0.29) is 17.3 Å². The van der Waals surface area contributed by atoms with Crippen molar-refractivity contribution in [2.45, 2.75) is 43.7 Å². The second-order valence-corrected chi connectivity index (χ2v) is 9.20. The van der Waals surface area contributed by atoms with E-state index in [9.17, 15) is 13.6 Å². The number of carbonyl (C=O) groups excluding carboxylic acids is 1. The zero-order valence-corrected chi connectivity index (χ0v) is 18.0. The van der Waals surface area contributed by atoms with E-state index in [0.29, 0.717) is 11.6 Å². The third kappa shape index (κ3) is 4.81. The van der Waals surface area contributed by atoms with Gasteiger partial charge in [0.25, 0.3) is 0 Å². The summed E-state index contributed by atoms with van der Waals surface area (Å²) in [6.45, 7) is 0.916. The van der Waals surface area contributed by atoms with Gasteiger partial charge in [0.15, 0.2) is 10.1 Å². The van der Waals surface area contributed by atoms with Crippen molar-refractivity contribution >= 4 is 34.0 Å². The largest absolute Gasteiger partial charge is 0.435 e. The third-order valence-corrected chi connectivity index (χ3v) is 6.68. The van der Waals surface area contributed by atoms with E-state index in [2.05, 4.69) is 20.3 Å². The third-order valence-electron chi connectivity index (χ3n) is 4.69. The molecule has 30 heavy (non-hydrogen) atoms. The summed E-state index contributed by atoms with van der Waals surface area (Å²) in [5, 5.41) is 12.3. The van der Waals surface area contributed by atoms with Crippen LogP contribution >= 0.6 is 23.1 Å². The fraction of sp³-hybridized carbons (Fsp3) is 0.350. The average molecular weight is 451 g/mol. The minimum atomic E-state index is -2.86. The Kier molecular flexibility index (Phi) is 6.05. The fourth-order valence-corrected chi connectivity index (χ4v) is 4.87. The van der Waals surface area contributed by atoms with Crippen molar-refractivity contribution in [2.24, 2.45) is 0 Å². The van der Waals surface area contributed by atoms with Gasteiger partial charge >= 0.3 is 6.61 Å². The van der Waals surface area contributed by atoms with Gasteiger partial charge < -0.3 is 14.6 Å². The van der Waals surface area contributed by atoms with Gasteiger partial charge in [-0.15, -0.1) is 10.2 Å². The van der Waals surface area contributed by atoms with Crippen LogP contribution in [0.4, 0.5) is 13.9 Å². The number of nitrogens with zero attached hydrogens (tertiary/aromatic N) is 3. The van der Waals surface area contributed by atoms with Gasteiger partial charge in [0.2, 0.25) is 5.13 Å². The molecular weight excluding hydrogens is 430 g/mol. The Morgan fingerprint density at radius 1 is 1.30 bits per heavy atom. The molecule has 0 bridgehead atoms. The number of Topliss-reactive ketones (excluding diaryl/α,β-unsaturated/α-hetero) is 1. The summed E-state index contributed by atoms with van der Waals surface area (Å²) in [5.74, 6) is 0.365. The molecule has 1 saturated carbocycles. The summed E-state index contributed by atoms with van der Waals surface area (Å²) in [5.41, 5.74) is 3.09. The molecule has 0 radical (unpaired) electrons. The van der Waals surface area contributed by atoms with Gasteiger partial charge in [-0.25, -0.2) is 0 Å². The average Bonchev–Trinajstić information content (AvgIpc) is 3.32. The molecule has 0 saturated heterocycles. The van der Waals surface area contributed by atoms with Crippen LogP contribution in [-0.2, 0) is 0 Å². The first-order valence-electron chi connectivity index (χ1n) is 9.41. The molecule has 0 unspecified atom stereocenters. The maximum absolute atomic E-state index is 12.8. The highest BCUT2D eigenvalue weighted by molar-refractivity contribution is 8.01. The van der Waals surface area contributed by atoms with E-state index in [1.165, 1.54) is 35.2 Å². The van der Waals surface area contributed by atoms with Crippen molar-refractivity contribution in [3.05, 3.63) is 47.3 Å². The summed E-state index contributed by atoms with van der Waals surface area (Å²) in [6, 6.07) is 8.72. The van der Waals surface area contributed by atoms with Crippen molar-refractivity contribution < 1.29 is 18.3 Å². The molecule has 0 spiro atoms. The number of ether oxygens (including phenoxy) is 1. The number of aromatic nitrogens is 3. The van der Waals surface area contributed by atoms with Crippen molar-refractivity contribution in [3.63, 3.8) is 0 Å². The zero-order chi connectivity index (χ0) is 21.3. The van der Waals surface area contributed by atoms with Crippen LogP contribution in [0.3, 0.4) is 0 Å². The number of carbonyl (C=O) groups is 1. The lowest BCUT2D eigenvalue weighted by atomic mass is 10.2. The molecule has 2 heterocycles. The van der Waals surface area contributed by atoms with Gasteiger partial charge in [-0.2, -0.15) is 8.78 Å². The normalized spacial score (nSPS) is 13.6. The van der Waals surface area contributed by atoms with Crippen LogP contribution < -0.4 is 10.1 Å². The molecule has 1 fully saturated rings. The smallest absolute Gasteiger partial charge is 0.387 e. The number of halogens is 2. The second kappa shape index (κ2) is 8.73. The molecule has 1 aliphatic carbocycles. The van der Waals surface area contributed by atoms with E-state index in [4.69, 9.17) is 0 Å².